The van der Waals surface area contributed by atoms with E-state index in [-0.39, 0.29) is 6.04 Å². The normalized spacial score (nSPS) is 19.0. The number of halogens is 1. The highest BCUT2D eigenvalue weighted by molar-refractivity contribution is 8.13. The van der Waals surface area contributed by atoms with Crippen LogP contribution in [0.3, 0.4) is 0 Å². The Morgan fingerprint density at radius 2 is 2.32 bits per heavy atom. The predicted octanol–water partition coefficient (Wildman–Crippen LogP) is 4.48. The molecule has 0 radical (unpaired) electrons. The molecular weight excluding hydrogens is 318 g/mol. The summed E-state index contributed by atoms with van der Waals surface area (Å²) < 4.78 is 5.53. The number of benzene rings is 1. The summed E-state index contributed by atoms with van der Waals surface area (Å²) in [6, 6.07) is 9.88. The lowest BCUT2D eigenvalue weighted by atomic mass is 10.1. The molecule has 4 nitrogen and oxygen atoms in total. The zero-order valence-corrected chi connectivity index (χ0v) is 14.2. The van der Waals surface area contributed by atoms with Gasteiger partial charge in [0.2, 0.25) is 0 Å². The molecule has 6 heteroatoms. The summed E-state index contributed by atoms with van der Waals surface area (Å²) in [6.07, 6.45) is 4.27. The maximum Gasteiger partial charge on any atom is 0.167 e. The first-order valence-corrected chi connectivity index (χ1v) is 8.83. The topological polar surface area (TPSA) is 41.6 Å². The summed E-state index contributed by atoms with van der Waals surface area (Å²) in [5, 5.41) is 6.03. The van der Waals surface area contributed by atoms with Gasteiger partial charge < -0.3 is 9.42 Å². The Labute approximate surface area is 139 Å². The lowest BCUT2D eigenvalue weighted by Crippen LogP contribution is -2.28. The van der Waals surface area contributed by atoms with Gasteiger partial charge in [-0.25, -0.2) is 0 Å². The molecule has 2 heterocycles. The summed E-state index contributed by atoms with van der Waals surface area (Å²) >= 11 is 7.71. The molecule has 1 aromatic carbocycles. The van der Waals surface area contributed by atoms with Crippen LogP contribution in [0.4, 0.5) is 0 Å². The maximum absolute atomic E-state index is 6.04. The standard InChI is InChI=1S/C16H18ClN3OS/c1-18-16(22-2)20-8-4-7-14(20)13-10-15(21-19-13)11-5-3-6-12(17)9-11/h3,5-6,9-10,14H,4,7-8H2,1-2H3/b18-16-/t14-/m1/s1. The van der Waals surface area contributed by atoms with Gasteiger partial charge >= 0.3 is 0 Å². The van der Waals surface area contributed by atoms with Gasteiger partial charge in [-0.3, -0.25) is 4.99 Å². The van der Waals surface area contributed by atoms with Crippen molar-refractivity contribution < 1.29 is 4.52 Å². The third-order valence-electron chi connectivity index (χ3n) is 3.85. The average Bonchev–Trinajstić information content (AvgIpc) is 3.17. The van der Waals surface area contributed by atoms with E-state index in [0.29, 0.717) is 5.02 Å². The Bertz CT molecular complexity index is 686. The molecule has 1 atom stereocenters. The molecule has 0 spiro atoms. The van der Waals surface area contributed by atoms with E-state index < -0.39 is 0 Å². The monoisotopic (exact) mass is 335 g/mol. The molecule has 0 aliphatic carbocycles. The molecule has 1 aliphatic rings. The molecule has 22 heavy (non-hydrogen) atoms. The van der Waals surface area contributed by atoms with Gasteiger partial charge in [-0.05, 0) is 31.2 Å². The van der Waals surface area contributed by atoms with Crippen molar-refractivity contribution in [2.45, 2.75) is 18.9 Å². The number of thioether (sulfide) groups is 1. The zero-order chi connectivity index (χ0) is 15.5. The van der Waals surface area contributed by atoms with Gasteiger partial charge in [-0.1, -0.05) is 40.7 Å². The minimum absolute atomic E-state index is 0.239. The van der Waals surface area contributed by atoms with Gasteiger partial charge in [0.05, 0.1) is 6.04 Å². The van der Waals surface area contributed by atoms with Crippen LogP contribution in [-0.4, -0.2) is 35.1 Å². The fourth-order valence-electron chi connectivity index (χ4n) is 2.86. The van der Waals surface area contributed by atoms with Crippen LogP contribution < -0.4 is 0 Å². The number of hydrogen-bond acceptors (Lipinski definition) is 4. The Morgan fingerprint density at radius 3 is 3.05 bits per heavy atom. The second-order valence-electron chi connectivity index (χ2n) is 5.19. The van der Waals surface area contributed by atoms with E-state index in [2.05, 4.69) is 21.3 Å². The molecule has 1 saturated heterocycles. The number of hydrogen-bond donors (Lipinski definition) is 0. The Morgan fingerprint density at radius 1 is 1.45 bits per heavy atom. The van der Waals surface area contributed by atoms with E-state index in [0.717, 1.165) is 41.6 Å². The molecule has 116 valence electrons. The number of amidine groups is 1. The van der Waals surface area contributed by atoms with Gasteiger partial charge in [0.1, 0.15) is 5.69 Å². The second-order valence-corrected chi connectivity index (χ2v) is 6.40. The molecule has 0 amide bonds. The zero-order valence-electron chi connectivity index (χ0n) is 12.6. The number of aliphatic imine (C=N–C) groups is 1. The SMILES string of the molecule is C/N=C(\SC)N1CCC[C@@H]1c1cc(-c2cccc(Cl)c2)on1. The van der Waals surface area contributed by atoms with Gasteiger partial charge in [-0.2, -0.15) is 0 Å². The Kier molecular flexibility index (Phi) is 4.74. The predicted molar refractivity (Wildman–Crippen MR) is 92.5 cm³/mol. The second kappa shape index (κ2) is 6.75. The maximum atomic E-state index is 6.04. The average molecular weight is 336 g/mol. The van der Waals surface area contributed by atoms with Crippen molar-refractivity contribution in [1.29, 1.82) is 0 Å². The third-order valence-corrected chi connectivity index (χ3v) is 4.87. The number of aromatic nitrogens is 1. The largest absolute Gasteiger partial charge is 0.356 e. The van der Waals surface area contributed by atoms with Gasteiger partial charge in [0.25, 0.3) is 0 Å². The fourth-order valence-corrected chi connectivity index (χ4v) is 3.69. The molecule has 0 N–H and O–H groups in total. The van der Waals surface area contributed by atoms with Crippen molar-refractivity contribution in [1.82, 2.24) is 10.1 Å². The van der Waals surface area contributed by atoms with Crippen LogP contribution in [0.15, 0.2) is 39.8 Å². The minimum atomic E-state index is 0.239. The van der Waals surface area contributed by atoms with E-state index in [4.69, 9.17) is 16.1 Å². The quantitative estimate of drug-likeness (QED) is 0.599. The number of likely N-dealkylation sites (tertiary alicyclic amines) is 1. The van der Waals surface area contributed by atoms with E-state index >= 15 is 0 Å². The molecule has 3 rings (SSSR count). The third kappa shape index (κ3) is 3.01. The van der Waals surface area contributed by atoms with Crippen LogP contribution in [0.1, 0.15) is 24.6 Å². The Hall–Kier alpha value is -1.46. The number of nitrogens with zero attached hydrogens (tertiary/aromatic N) is 3. The number of rotatable bonds is 2. The highest BCUT2D eigenvalue weighted by Gasteiger charge is 2.30. The van der Waals surface area contributed by atoms with Gasteiger partial charge in [0.15, 0.2) is 10.9 Å². The van der Waals surface area contributed by atoms with Crippen molar-refractivity contribution in [3.63, 3.8) is 0 Å². The van der Waals surface area contributed by atoms with E-state index in [1.807, 2.05) is 37.4 Å². The minimum Gasteiger partial charge on any atom is -0.356 e. The molecular formula is C16H18ClN3OS. The highest BCUT2D eigenvalue weighted by Crippen LogP contribution is 2.35. The lowest BCUT2D eigenvalue weighted by molar-refractivity contribution is 0.362. The van der Waals surface area contributed by atoms with Crippen LogP contribution in [0.25, 0.3) is 11.3 Å². The molecule has 1 aliphatic heterocycles. The summed E-state index contributed by atoms with van der Waals surface area (Å²) in [5.74, 6) is 0.753. The first-order chi connectivity index (χ1) is 10.7. The van der Waals surface area contributed by atoms with Crippen molar-refractivity contribution in [3.05, 3.63) is 41.0 Å². The van der Waals surface area contributed by atoms with Crippen LogP contribution in [0.5, 0.6) is 0 Å². The summed E-state index contributed by atoms with van der Waals surface area (Å²) in [5.41, 5.74) is 1.91. The molecule has 0 saturated carbocycles. The van der Waals surface area contributed by atoms with Gasteiger partial charge in [-0.15, -0.1) is 0 Å². The highest BCUT2D eigenvalue weighted by atomic mass is 35.5. The summed E-state index contributed by atoms with van der Waals surface area (Å²) in [4.78, 5) is 6.68. The van der Waals surface area contributed by atoms with Crippen LogP contribution >= 0.6 is 23.4 Å². The lowest BCUT2D eigenvalue weighted by Gasteiger charge is -2.24. The fraction of sp³-hybridized carbons (Fsp3) is 0.375. The smallest absolute Gasteiger partial charge is 0.167 e. The molecule has 0 bridgehead atoms. The Balaban J connectivity index is 1.87. The molecule has 1 fully saturated rings. The first kappa shape index (κ1) is 15.4. The van der Waals surface area contributed by atoms with Crippen molar-refractivity contribution in [2.75, 3.05) is 19.8 Å². The first-order valence-electron chi connectivity index (χ1n) is 7.23. The molecule has 2 aromatic rings. The van der Waals surface area contributed by atoms with Crippen LogP contribution in [-0.2, 0) is 0 Å². The van der Waals surface area contributed by atoms with Crippen molar-refractivity contribution in [3.8, 4) is 11.3 Å². The van der Waals surface area contributed by atoms with Crippen molar-refractivity contribution >= 4 is 28.5 Å². The van der Waals surface area contributed by atoms with E-state index in [1.165, 1.54) is 0 Å². The van der Waals surface area contributed by atoms with E-state index in [1.54, 1.807) is 11.8 Å². The van der Waals surface area contributed by atoms with Crippen LogP contribution in [0, 0.1) is 0 Å². The van der Waals surface area contributed by atoms with Gasteiger partial charge in [0, 0.05) is 30.2 Å². The molecule has 0 unspecified atom stereocenters. The van der Waals surface area contributed by atoms with Crippen LogP contribution in [0.2, 0.25) is 5.02 Å². The summed E-state index contributed by atoms with van der Waals surface area (Å²) in [6.45, 7) is 1.01. The summed E-state index contributed by atoms with van der Waals surface area (Å²) in [7, 11) is 1.83. The van der Waals surface area contributed by atoms with Crippen molar-refractivity contribution in [2.24, 2.45) is 4.99 Å². The van der Waals surface area contributed by atoms with E-state index in [9.17, 15) is 0 Å². The molecule has 1 aromatic heterocycles.